The molecule has 1 fully saturated rings. The van der Waals surface area contributed by atoms with Crippen LogP contribution in [0, 0.1) is 17.7 Å². The Bertz CT molecular complexity index is 379. The third-order valence-electron chi connectivity index (χ3n) is 4.22. The zero-order chi connectivity index (χ0) is 13.7. The lowest BCUT2D eigenvalue weighted by Crippen LogP contribution is -2.32. The highest BCUT2D eigenvalue weighted by molar-refractivity contribution is 7.99. The summed E-state index contributed by atoms with van der Waals surface area (Å²) in [6.07, 6.45) is 5.92. The van der Waals surface area contributed by atoms with E-state index in [1.165, 1.54) is 37.8 Å². The lowest BCUT2D eigenvalue weighted by molar-refractivity contribution is 0.0629. The first kappa shape index (κ1) is 14.9. The van der Waals surface area contributed by atoms with Gasteiger partial charge in [-0.05, 0) is 42.5 Å². The molecule has 0 amide bonds. The summed E-state index contributed by atoms with van der Waals surface area (Å²) in [5, 5.41) is 10.4. The molecule has 1 nitrogen and oxygen atoms in total. The SMILES string of the molecule is CCC1CCCCC1C(O)CSc1ccc(F)cc1. The van der Waals surface area contributed by atoms with Crippen LogP contribution in [0.1, 0.15) is 39.0 Å². The lowest BCUT2D eigenvalue weighted by atomic mass is 9.75. The molecule has 19 heavy (non-hydrogen) atoms. The molecule has 1 aromatic rings. The molecule has 3 unspecified atom stereocenters. The van der Waals surface area contributed by atoms with Gasteiger partial charge in [-0.1, -0.05) is 32.6 Å². The van der Waals surface area contributed by atoms with Crippen molar-refractivity contribution in [1.82, 2.24) is 0 Å². The van der Waals surface area contributed by atoms with Crippen LogP contribution in [0.3, 0.4) is 0 Å². The third kappa shape index (κ3) is 4.22. The first-order valence-electron chi connectivity index (χ1n) is 7.27. The summed E-state index contributed by atoms with van der Waals surface area (Å²) in [6, 6.07) is 6.52. The van der Waals surface area contributed by atoms with Crippen LogP contribution in [0.4, 0.5) is 4.39 Å². The summed E-state index contributed by atoms with van der Waals surface area (Å²) in [6.45, 7) is 2.23. The molecule has 3 atom stereocenters. The molecule has 1 N–H and O–H groups in total. The molecule has 3 heteroatoms. The Kier molecular flexibility index (Phi) is 5.71. The number of benzene rings is 1. The van der Waals surface area contributed by atoms with E-state index in [0.717, 1.165) is 11.3 Å². The average Bonchev–Trinajstić information content (AvgIpc) is 2.46. The topological polar surface area (TPSA) is 20.2 Å². The maximum absolute atomic E-state index is 12.8. The molecule has 0 aromatic heterocycles. The highest BCUT2D eigenvalue weighted by Gasteiger charge is 2.29. The predicted octanol–water partition coefficient (Wildman–Crippen LogP) is 4.50. The van der Waals surface area contributed by atoms with Crippen molar-refractivity contribution in [3.8, 4) is 0 Å². The van der Waals surface area contributed by atoms with Gasteiger partial charge >= 0.3 is 0 Å². The van der Waals surface area contributed by atoms with E-state index in [-0.39, 0.29) is 11.9 Å². The van der Waals surface area contributed by atoms with Crippen LogP contribution in [-0.2, 0) is 0 Å². The molecule has 2 rings (SSSR count). The van der Waals surface area contributed by atoms with Gasteiger partial charge in [0, 0.05) is 10.6 Å². The quantitative estimate of drug-likeness (QED) is 0.803. The molecule has 0 bridgehead atoms. The monoisotopic (exact) mass is 282 g/mol. The summed E-state index contributed by atoms with van der Waals surface area (Å²) in [5.74, 6) is 1.64. The molecule has 1 aromatic carbocycles. The summed E-state index contributed by atoms with van der Waals surface area (Å²) in [7, 11) is 0. The number of aliphatic hydroxyl groups is 1. The van der Waals surface area contributed by atoms with Crippen LogP contribution in [0.15, 0.2) is 29.2 Å². The van der Waals surface area contributed by atoms with E-state index < -0.39 is 0 Å². The minimum atomic E-state index is -0.236. The first-order valence-corrected chi connectivity index (χ1v) is 8.25. The fourth-order valence-electron chi connectivity index (χ4n) is 3.09. The minimum Gasteiger partial charge on any atom is -0.392 e. The fraction of sp³-hybridized carbons (Fsp3) is 0.625. The minimum absolute atomic E-state index is 0.205. The van der Waals surface area contributed by atoms with Crippen molar-refractivity contribution in [2.75, 3.05) is 5.75 Å². The van der Waals surface area contributed by atoms with E-state index in [1.54, 1.807) is 23.9 Å². The molecule has 106 valence electrons. The maximum Gasteiger partial charge on any atom is 0.123 e. The van der Waals surface area contributed by atoms with E-state index >= 15 is 0 Å². The van der Waals surface area contributed by atoms with Crippen LogP contribution >= 0.6 is 11.8 Å². The van der Waals surface area contributed by atoms with E-state index in [1.807, 2.05) is 0 Å². The molecular formula is C16H23FOS. The van der Waals surface area contributed by atoms with Gasteiger partial charge < -0.3 is 5.11 Å². The van der Waals surface area contributed by atoms with Gasteiger partial charge in [-0.15, -0.1) is 11.8 Å². The van der Waals surface area contributed by atoms with Gasteiger partial charge in [0.25, 0.3) is 0 Å². The Morgan fingerprint density at radius 1 is 1.26 bits per heavy atom. The molecule has 0 saturated heterocycles. The Morgan fingerprint density at radius 2 is 1.95 bits per heavy atom. The molecule has 0 aliphatic heterocycles. The molecule has 1 aliphatic rings. The number of thioether (sulfide) groups is 1. The molecular weight excluding hydrogens is 259 g/mol. The van der Waals surface area contributed by atoms with Gasteiger partial charge in [-0.3, -0.25) is 0 Å². The van der Waals surface area contributed by atoms with Crippen LogP contribution in [-0.4, -0.2) is 17.0 Å². The van der Waals surface area contributed by atoms with Crippen molar-refractivity contribution in [2.24, 2.45) is 11.8 Å². The zero-order valence-electron chi connectivity index (χ0n) is 11.5. The lowest BCUT2D eigenvalue weighted by Gasteiger charge is -2.34. The number of rotatable bonds is 5. The first-order chi connectivity index (χ1) is 9.20. The molecule has 0 radical (unpaired) electrons. The third-order valence-corrected chi connectivity index (χ3v) is 5.33. The van der Waals surface area contributed by atoms with Gasteiger partial charge in [-0.25, -0.2) is 4.39 Å². The summed E-state index contributed by atoms with van der Waals surface area (Å²) in [5.41, 5.74) is 0. The second-order valence-electron chi connectivity index (χ2n) is 5.45. The summed E-state index contributed by atoms with van der Waals surface area (Å²) >= 11 is 1.63. The van der Waals surface area contributed by atoms with E-state index in [9.17, 15) is 9.50 Å². The molecule has 0 spiro atoms. The van der Waals surface area contributed by atoms with Gasteiger partial charge in [-0.2, -0.15) is 0 Å². The Morgan fingerprint density at radius 3 is 2.63 bits per heavy atom. The molecule has 0 heterocycles. The second kappa shape index (κ2) is 7.30. The van der Waals surface area contributed by atoms with Crippen molar-refractivity contribution in [1.29, 1.82) is 0 Å². The van der Waals surface area contributed by atoms with E-state index in [4.69, 9.17) is 0 Å². The molecule has 1 aliphatic carbocycles. The van der Waals surface area contributed by atoms with Crippen LogP contribution < -0.4 is 0 Å². The molecule has 1 saturated carbocycles. The maximum atomic E-state index is 12.8. The Balaban J connectivity index is 1.85. The zero-order valence-corrected chi connectivity index (χ0v) is 12.3. The summed E-state index contributed by atoms with van der Waals surface area (Å²) < 4.78 is 12.8. The number of hydrogen-bond donors (Lipinski definition) is 1. The number of halogens is 1. The number of aliphatic hydroxyl groups excluding tert-OH is 1. The van der Waals surface area contributed by atoms with Gasteiger partial charge in [0.2, 0.25) is 0 Å². The van der Waals surface area contributed by atoms with E-state index in [0.29, 0.717) is 17.6 Å². The smallest absolute Gasteiger partial charge is 0.123 e. The van der Waals surface area contributed by atoms with Gasteiger partial charge in [0.1, 0.15) is 5.82 Å². The van der Waals surface area contributed by atoms with Crippen LogP contribution in [0.5, 0.6) is 0 Å². The van der Waals surface area contributed by atoms with Crippen molar-refractivity contribution < 1.29 is 9.50 Å². The normalized spacial score (nSPS) is 25.2. The van der Waals surface area contributed by atoms with Crippen molar-refractivity contribution in [3.05, 3.63) is 30.1 Å². The average molecular weight is 282 g/mol. The van der Waals surface area contributed by atoms with Crippen molar-refractivity contribution in [3.63, 3.8) is 0 Å². The van der Waals surface area contributed by atoms with Crippen molar-refractivity contribution >= 4 is 11.8 Å². The number of hydrogen-bond acceptors (Lipinski definition) is 2. The Labute approximate surface area is 119 Å². The van der Waals surface area contributed by atoms with Crippen LogP contribution in [0.25, 0.3) is 0 Å². The highest BCUT2D eigenvalue weighted by atomic mass is 32.2. The highest BCUT2D eigenvalue weighted by Crippen LogP contribution is 2.36. The fourth-order valence-corrected chi connectivity index (χ4v) is 4.02. The van der Waals surface area contributed by atoms with Gasteiger partial charge in [0.05, 0.1) is 6.10 Å². The largest absolute Gasteiger partial charge is 0.392 e. The summed E-state index contributed by atoms with van der Waals surface area (Å²) in [4.78, 5) is 1.03. The predicted molar refractivity (Wildman–Crippen MR) is 78.9 cm³/mol. The van der Waals surface area contributed by atoms with E-state index in [2.05, 4.69) is 6.92 Å². The van der Waals surface area contributed by atoms with Gasteiger partial charge in [0.15, 0.2) is 0 Å². The Hall–Kier alpha value is -0.540. The second-order valence-corrected chi connectivity index (χ2v) is 6.54. The standard InChI is InChI=1S/C16H23FOS/c1-2-12-5-3-4-6-15(12)16(18)11-19-14-9-7-13(17)8-10-14/h7-10,12,15-16,18H,2-6,11H2,1H3. The van der Waals surface area contributed by atoms with Crippen molar-refractivity contribution in [2.45, 2.75) is 50.0 Å². The van der Waals surface area contributed by atoms with Crippen LogP contribution in [0.2, 0.25) is 0 Å².